The van der Waals surface area contributed by atoms with Gasteiger partial charge in [0.2, 0.25) is 5.91 Å². The highest BCUT2D eigenvalue weighted by molar-refractivity contribution is 5.78. The van der Waals surface area contributed by atoms with E-state index in [1.807, 2.05) is 13.8 Å². The molecular weight excluding hydrogens is 226 g/mol. The van der Waals surface area contributed by atoms with Crippen LogP contribution in [0.4, 0.5) is 0 Å². The molecule has 4 nitrogen and oxygen atoms in total. The fraction of sp³-hybridized carbons (Fsp3) is 0.929. The fourth-order valence-corrected chi connectivity index (χ4v) is 2.37. The number of carbonyl (C=O) groups is 1. The first-order valence-corrected chi connectivity index (χ1v) is 7.23. The maximum Gasteiger partial charge on any atom is 0.223 e. The Morgan fingerprint density at radius 1 is 1.33 bits per heavy atom. The van der Waals surface area contributed by atoms with E-state index in [9.17, 15) is 4.79 Å². The van der Waals surface area contributed by atoms with Crippen molar-refractivity contribution >= 4 is 5.91 Å². The molecule has 3 N–H and O–H groups in total. The first-order valence-electron chi connectivity index (χ1n) is 7.23. The van der Waals surface area contributed by atoms with Crippen molar-refractivity contribution in [2.24, 2.45) is 11.7 Å². The molecule has 0 aromatic rings. The Hall–Kier alpha value is -0.610. The van der Waals surface area contributed by atoms with Gasteiger partial charge >= 0.3 is 0 Å². The van der Waals surface area contributed by atoms with Gasteiger partial charge < -0.3 is 16.0 Å². The Labute approximate surface area is 111 Å². The lowest BCUT2D eigenvalue weighted by Crippen LogP contribution is -2.45. The van der Waals surface area contributed by atoms with Gasteiger partial charge in [-0.3, -0.25) is 4.79 Å². The molecule has 0 aromatic carbocycles. The van der Waals surface area contributed by atoms with Crippen LogP contribution in [-0.2, 0) is 4.79 Å². The molecule has 2 unspecified atom stereocenters. The molecule has 0 radical (unpaired) electrons. The number of carbonyl (C=O) groups excluding carboxylic acids is 1. The van der Waals surface area contributed by atoms with Crippen molar-refractivity contribution in [3.05, 3.63) is 0 Å². The second-order valence-corrected chi connectivity index (χ2v) is 5.90. The second kappa shape index (κ2) is 7.74. The molecule has 1 saturated heterocycles. The first kappa shape index (κ1) is 15.4. The van der Waals surface area contributed by atoms with E-state index in [1.54, 1.807) is 0 Å². The smallest absolute Gasteiger partial charge is 0.223 e. The third-order valence-corrected chi connectivity index (χ3v) is 3.81. The highest BCUT2D eigenvalue weighted by Crippen LogP contribution is 2.12. The van der Waals surface area contributed by atoms with Gasteiger partial charge in [-0.1, -0.05) is 13.3 Å². The molecular formula is C14H29N3O. The van der Waals surface area contributed by atoms with Gasteiger partial charge in [0.15, 0.2) is 0 Å². The topological polar surface area (TPSA) is 58.4 Å². The first-order chi connectivity index (χ1) is 8.49. The van der Waals surface area contributed by atoms with Crippen molar-refractivity contribution in [1.29, 1.82) is 0 Å². The van der Waals surface area contributed by atoms with E-state index in [4.69, 9.17) is 5.73 Å². The second-order valence-electron chi connectivity index (χ2n) is 5.90. The summed E-state index contributed by atoms with van der Waals surface area (Å²) in [5, 5.41) is 3.18. The molecule has 1 aliphatic rings. The van der Waals surface area contributed by atoms with Crippen LogP contribution in [-0.4, -0.2) is 43.0 Å². The largest absolute Gasteiger partial charge is 0.353 e. The minimum Gasteiger partial charge on any atom is -0.353 e. The average molecular weight is 255 g/mol. The number of nitrogens with zero attached hydrogens (tertiary/aromatic N) is 1. The molecule has 1 heterocycles. The van der Waals surface area contributed by atoms with Crippen molar-refractivity contribution in [3.8, 4) is 0 Å². The van der Waals surface area contributed by atoms with E-state index in [-0.39, 0.29) is 17.9 Å². The van der Waals surface area contributed by atoms with Gasteiger partial charge in [0, 0.05) is 18.0 Å². The van der Waals surface area contributed by atoms with Crippen LogP contribution >= 0.6 is 0 Å². The summed E-state index contributed by atoms with van der Waals surface area (Å²) in [5.74, 6) is 0.331. The van der Waals surface area contributed by atoms with Crippen molar-refractivity contribution in [2.45, 2.75) is 58.0 Å². The van der Waals surface area contributed by atoms with Crippen LogP contribution < -0.4 is 11.1 Å². The zero-order valence-corrected chi connectivity index (χ0v) is 12.1. The summed E-state index contributed by atoms with van der Waals surface area (Å²) in [4.78, 5) is 14.3. The molecule has 1 fully saturated rings. The molecule has 4 heteroatoms. The molecule has 1 rings (SSSR count). The summed E-state index contributed by atoms with van der Waals surface area (Å²) in [6.07, 6.45) is 5.15. The lowest BCUT2D eigenvalue weighted by molar-refractivity contribution is -0.125. The summed E-state index contributed by atoms with van der Waals surface area (Å²) in [7, 11) is 2.13. The SMILES string of the molecule is CC(N)CCCC(C)C(=O)NC1CCN(C)CC1. The Balaban J connectivity index is 2.18. The Morgan fingerprint density at radius 3 is 2.50 bits per heavy atom. The Morgan fingerprint density at radius 2 is 1.94 bits per heavy atom. The van der Waals surface area contributed by atoms with Crippen molar-refractivity contribution < 1.29 is 4.79 Å². The third-order valence-electron chi connectivity index (χ3n) is 3.81. The van der Waals surface area contributed by atoms with Crippen LogP contribution in [0.1, 0.15) is 46.0 Å². The van der Waals surface area contributed by atoms with Crippen molar-refractivity contribution in [1.82, 2.24) is 10.2 Å². The van der Waals surface area contributed by atoms with Gasteiger partial charge in [-0.15, -0.1) is 0 Å². The Kier molecular flexibility index (Phi) is 6.65. The van der Waals surface area contributed by atoms with E-state index in [1.165, 1.54) is 0 Å². The molecule has 0 saturated carbocycles. The number of nitrogens with one attached hydrogen (secondary N) is 1. The van der Waals surface area contributed by atoms with Crippen LogP contribution in [0.15, 0.2) is 0 Å². The van der Waals surface area contributed by atoms with Gasteiger partial charge in [0.25, 0.3) is 0 Å². The molecule has 2 atom stereocenters. The standard InChI is InChI=1S/C14H29N3O/c1-11(5-4-6-12(2)15)14(18)16-13-7-9-17(3)10-8-13/h11-13H,4-10,15H2,1-3H3,(H,16,18). The number of likely N-dealkylation sites (tertiary alicyclic amines) is 1. The zero-order valence-electron chi connectivity index (χ0n) is 12.1. The van der Waals surface area contributed by atoms with Gasteiger partial charge in [-0.2, -0.15) is 0 Å². The normalized spacial score (nSPS) is 21.6. The molecule has 1 amide bonds. The van der Waals surface area contributed by atoms with E-state index in [0.29, 0.717) is 6.04 Å². The van der Waals surface area contributed by atoms with E-state index < -0.39 is 0 Å². The van der Waals surface area contributed by atoms with Gasteiger partial charge in [-0.25, -0.2) is 0 Å². The number of piperidine rings is 1. The Bertz CT molecular complexity index is 247. The predicted molar refractivity (Wildman–Crippen MR) is 75.3 cm³/mol. The van der Waals surface area contributed by atoms with Gasteiger partial charge in [0.05, 0.1) is 0 Å². The zero-order chi connectivity index (χ0) is 13.5. The van der Waals surface area contributed by atoms with Crippen LogP contribution in [0.2, 0.25) is 0 Å². The summed E-state index contributed by atoms with van der Waals surface area (Å²) >= 11 is 0. The fourth-order valence-electron chi connectivity index (χ4n) is 2.37. The monoisotopic (exact) mass is 255 g/mol. The number of hydrogen-bond donors (Lipinski definition) is 2. The molecule has 0 spiro atoms. The third kappa shape index (κ3) is 5.83. The molecule has 18 heavy (non-hydrogen) atoms. The highest BCUT2D eigenvalue weighted by atomic mass is 16.1. The van der Waals surface area contributed by atoms with E-state index in [0.717, 1.165) is 45.2 Å². The molecule has 1 aliphatic heterocycles. The van der Waals surface area contributed by atoms with Crippen LogP contribution in [0.5, 0.6) is 0 Å². The van der Waals surface area contributed by atoms with E-state index >= 15 is 0 Å². The maximum atomic E-state index is 12.0. The number of hydrogen-bond acceptors (Lipinski definition) is 3. The number of amides is 1. The van der Waals surface area contributed by atoms with E-state index in [2.05, 4.69) is 17.3 Å². The minimum atomic E-state index is 0.114. The summed E-state index contributed by atoms with van der Waals surface area (Å²) in [6, 6.07) is 0.624. The molecule has 106 valence electrons. The summed E-state index contributed by atoms with van der Waals surface area (Å²) in [6.45, 7) is 6.21. The minimum absolute atomic E-state index is 0.114. The van der Waals surface area contributed by atoms with Crippen LogP contribution in [0, 0.1) is 5.92 Å². The van der Waals surface area contributed by atoms with Gasteiger partial charge in [0.1, 0.15) is 0 Å². The molecule has 0 aromatic heterocycles. The lowest BCUT2D eigenvalue weighted by Gasteiger charge is -2.30. The van der Waals surface area contributed by atoms with Crippen LogP contribution in [0.3, 0.4) is 0 Å². The molecule has 0 bridgehead atoms. The van der Waals surface area contributed by atoms with Crippen LogP contribution in [0.25, 0.3) is 0 Å². The molecule has 0 aliphatic carbocycles. The lowest BCUT2D eigenvalue weighted by atomic mass is 9.99. The number of nitrogens with two attached hydrogens (primary N) is 1. The summed E-state index contributed by atoms with van der Waals surface area (Å²) in [5.41, 5.74) is 5.71. The van der Waals surface area contributed by atoms with Crippen molar-refractivity contribution in [3.63, 3.8) is 0 Å². The maximum absolute atomic E-state index is 12.0. The quantitative estimate of drug-likeness (QED) is 0.753. The summed E-state index contributed by atoms with van der Waals surface area (Å²) < 4.78 is 0. The average Bonchev–Trinajstić information content (AvgIpc) is 2.31. The van der Waals surface area contributed by atoms with Gasteiger partial charge in [-0.05, 0) is 52.7 Å². The van der Waals surface area contributed by atoms with Crippen molar-refractivity contribution in [2.75, 3.05) is 20.1 Å². The number of rotatable bonds is 6. The predicted octanol–water partition coefficient (Wildman–Crippen LogP) is 1.35. The highest BCUT2D eigenvalue weighted by Gasteiger charge is 2.20.